The molecule has 0 amide bonds. The van der Waals surface area contributed by atoms with Gasteiger partial charge in [0.05, 0.1) is 31.0 Å². The highest BCUT2D eigenvalue weighted by molar-refractivity contribution is 7.47. The summed E-state index contributed by atoms with van der Waals surface area (Å²) in [6.45, 7) is 2.78. The minimum atomic E-state index is -5.47. The molecule has 0 saturated heterocycles. The molecule has 8 N–H and O–H groups in total. The van der Waals surface area contributed by atoms with Crippen molar-refractivity contribution in [1.29, 1.82) is 0 Å². The summed E-state index contributed by atoms with van der Waals surface area (Å²) in [6.07, 6.45) is 17.7. The van der Waals surface area contributed by atoms with Crippen LogP contribution in [0.5, 0.6) is 0 Å². The second-order valence-electron chi connectivity index (χ2n) is 18.4. The molecule has 2 aliphatic rings. The number of rotatable bonds is 25. The first-order valence-electron chi connectivity index (χ1n) is 25.7. The molecule has 0 radical (unpaired) electrons. The Hall–Kier alpha value is -2.86. The number of ether oxygens (including phenoxy) is 2. The number of cyclic esters (lactones) is 1. The third-order valence-electron chi connectivity index (χ3n) is 12.4. The largest absolute Gasteiger partial charge is 0.472 e. The Bertz CT molecular complexity index is 1610. The van der Waals surface area contributed by atoms with E-state index in [1.807, 2.05) is 6.92 Å². The van der Waals surface area contributed by atoms with Gasteiger partial charge in [0, 0.05) is 31.1 Å². The molecule has 69 heavy (non-hydrogen) atoms. The quantitative estimate of drug-likeness (QED) is 0.0191. The fourth-order valence-corrected chi connectivity index (χ4v) is 9.15. The lowest BCUT2D eigenvalue weighted by atomic mass is 9.84. The summed E-state index contributed by atoms with van der Waals surface area (Å²) in [5, 5.41) is 78.7. The standard InChI is InChI=1S/C52H87O16P/c1-3-5-7-8-9-10-11-12-13-14-15-16-17-18-19-20-21-22-23-29-33-46(57)67-40-37-65-45(56)32-28-25-24-27-31-41-43(54)36-44(55)42(35-34-39(53)30-26-6-4-2)48(59)50(61)52(51(62)49(60)47(41)58)68-69(63,64)66-38-40/h10-11,13-14,16-17,24,27,34-35,39-42,44,47-53,55,58-62H,3-9,12,15,18-23,25-26,28-33,36-38H2,1-2H3,(H,63,64)/b11-10-,14-13-,17-16-,27-24?,35-34+/t39-,40+,41-,42-,44+,47+,48+,49-,50+,51+,52+/m0/s1. The molecule has 2 bridgehead atoms. The number of carbonyl (C=O) groups excluding carboxylic acids is 3. The molecular weight excluding hydrogens is 912 g/mol. The number of allylic oxidation sites excluding steroid dienone is 8. The highest BCUT2D eigenvalue weighted by Gasteiger charge is 2.49. The summed E-state index contributed by atoms with van der Waals surface area (Å²) in [6, 6.07) is 0. The Balaban J connectivity index is 2.08. The van der Waals surface area contributed by atoms with Crippen molar-refractivity contribution < 1.29 is 78.1 Å². The van der Waals surface area contributed by atoms with Gasteiger partial charge in [0.2, 0.25) is 0 Å². The summed E-state index contributed by atoms with van der Waals surface area (Å²) >= 11 is 0. The number of carbonyl (C=O) groups is 3. The Kier molecular flexibility index (Phi) is 33.4. The fraction of sp³-hybridized carbons (Fsp3) is 0.750. The summed E-state index contributed by atoms with van der Waals surface area (Å²) in [7, 11) is -5.47. The molecule has 17 heteroatoms. The normalized spacial score (nSPS) is 30.2. The van der Waals surface area contributed by atoms with Crippen molar-refractivity contribution in [3.63, 3.8) is 0 Å². The molecule has 1 saturated carbocycles. The van der Waals surface area contributed by atoms with E-state index in [1.165, 1.54) is 43.9 Å². The third kappa shape index (κ3) is 27.0. The maximum absolute atomic E-state index is 13.6. The molecule has 0 aromatic rings. The van der Waals surface area contributed by atoms with E-state index in [2.05, 4.69) is 43.4 Å². The first-order chi connectivity index (χ1) is 33.1. The summed E-state index contributed by atoms with van der Waals surface area (Å²) in [4.78, 5) is 50.2. The molecular formula is C52H87O16P. The predicted molar refractivity (Wildman–Crippen MR) is 263 cm³/mol. The summed E-state index contributed by atoms with van der Waals surface area (Å²) in [5.41, 5.74) is 0. The number of Topliss-reactive ketones (excluding diaryl/α,β-unsaturated/α-hetero) is 1. The van der Waals surface area contributed by atoms with Crippen molar-refractivity contribution in [2.24, 2.45) is 11.8 Å². The van der Waals surface area contributed by atoms with Gasteiger partial charge in [-0.1, -0.05) is 139 Å². The molecule has 2 rings (SSSR count). The summed E-state index contributed by atoms with van der Waals surface area (Å²) in [5.74, 6) is -5.11. The van der Waals surface area contributed by atoms with Crippen molar-refractivity contribution in [3.8, 4) is 0 Å². The van der Waals surface area contributed by atoms with Crippen LogP contribution in [0.4, 0.5) is 0 Å². The number of hydrogen-bond donors (Lipinski definition) is 8. The fourth-order valence-electron chi connectivity index (χ4n) is 8.17. The molecule has 16 nitrogen and oxygen atoms in total. The smallest absolute Gasteiger partial charge is 0.462 e. The predicted octanol–water partition coefficient (Wildman–Crippen LogP) is 7.48. The van der Waals surface area contributed by atoms with Crippen LogP contribution in [0, 0.1) is 11.8 Å². The Morgan fingerprint density at radius 2 is 1.35 bits per heavy atom. The van der Waals surface area contributed by atoms with Crippen LogP contribution in [0.15, 0.2) is 60.8 Å². The van der Waals surface area contributed by atoms with Gasteiger partial charge in [-0.2, -0.15) is 0 Å². The average Bonchev–Trinajstić information content (AvgIpc) is 3.32. The maximum atomic E-state index is 13.6. The van der Waals surface area contributed by atoms with Gasteiger partial charge < -0.3 is 50.1 Å². The number of aliphatic hydroxyl groups excluding tert-OH is 7. The molecule has 396 valence electrons. The highest BCUT2D eigenvalue weighted by atomic mass is 31.2. The molecule has 1 unspecified atom stereocenters. The van der Waals surface area contributed by atoms with Crippen LogP contribution < -0.4 is 0 Å². The van der Waals surface area contributed by atoms with Gasteiger partial charge in [-0.3, -0.25) is 23.4 Å². The lowest BCUT2D eigenvalue weighted by Gasteiger charge is -2.36. The number of esters is 2. The number of ketones is 1. The van der Waals surface area contributed by atoms with E-state index < -0.39 is 112 Å². The van der Waals surface area contributed by atoms with Crippen molar-refractivity contribution >= 4 is 25.5 Å². The monoisotopic (exact) mass is 999 g/mol. The Morgan fingerprint density at radius 1 is 0.754 bits per heavy atom. The van der Waals surface area contributed by atoms with E-state index in [9.17, 15) is 59.6 Å². The van der Waals surface area contributed by atoms with Gasteiger partial charge in [0.25, 0.3) is 0 Å². The van der Waals surface area contributed by atoms with Crippen LogP contribution in [0.1, 0.15) is 168 Å². The zero-order valence-corrected chi connectivity index (χ0v) is 42.2. The number of phosphoric acid groups is 1. The number of phosphoric ester groups is 1. The summed E-state index contributed by atoms with van der Waals surface area (Å²) < 4.78 is 34.7. The van der Waals surface area contributed by atoms with Crippen LogP contribution in [0.2, 0.25) is 0 Å². The first-order valence-corrected chi connectivity index (χ1v) is 27.2. The van der Waals surface area contributed by atoms with Gasteiger partial charge in [0.15, 0.2) is 6.10 Å². The molecule has 1 aliphatic heterocycles. The molecule has 12 atom stereocenters. The van der Waals surface area contributed by atoms with Crippen LogP contribution >= 0.6 is 7.82 Å². The maximum Gasteiger partial charge on any atom is 0.472 e. The van der Waals surface area contributed by atoms with Crippen molar-refractivity contribution in [1.82, 2.24) is 0 Å². The zero-order valence-electron chi connectivity index (χ0n) is 41.3. The van der Waals surface area contributed by atoms with Gasteiger partial charge in [0.1, 0.15) is 36.8 Å². The molecule has 0 aromatic heterocycles. The zero-order chi connectivity index (χ0) is 50.9. The second-order valence-corrected chi connectivity index (χ2v) is 19.9. The van der Waals surface area contributed by atoms with Crippen LogP contribution in [-0.4, -0.2) is 127 Å². The van der Waals surface area contributed by atoms with E-state index in [0.29, 0.717) is 32.1 Å². The molecule has 1 aliphatic carbocycles. The van der Waals surface area contributed by atoms with Gasteiger partial charge in [-0.15, -0.1) is 0 Å². The average molecular weight is 999 g/mol. The molecule has 0 spiro atoms. The Morgan fingerprint density at radius 3 is 2.01 bits per heavy atom. The topological polar surface area (TPSA) is 267 Å². The van der Waals surface area contributed by atoms with Gasteiger partial charge in [-0.25, -0.2) is 4.57 Å². The number of fused-ring (bicyclic) bond motifs is 4. The van der Waals surface area contributed by atoms with E-state index >= 15 is 0 Å². The van der Waals surface area contributed by atoms with Crippen LogP contribution in [0.25, 0.3) is 0 Å². The Labute approximate surface area is 411 Å². The van der Waals surface area contributed by atoms with Gasteiger partial charge >= 0.3 is 19.8 Å². The van der Waals surface area contributed by atoms with Crippen molar-refractivity contribution in [2.45, 2.75) is 223 Å². The third-order valence-corrected chi connectivity index (χ3v) is 13.4. The number of unbranched alkanes of at least 4 members (excludes halogenated alkanes) is 12. The SMILES string of the molecule is CCCCCC/C=C\C/C=C\C/C=C\CCCCCCCCC(=O)O[C@@H]1COC(=O)CCCC=CC[C@H]2C(=O)C[C@@H](O)[C@H](/C=C/[C@@H](O)CCCCC)[C@@H](O)[C@@H](O)[C@@H](OP(=O)(O)OC1)[C@H](O)[C@@H](O)[C@@H]2O. The highest BCUT2D eigenvalue weighted by Crippen LogP contribution is 2.47. The molecule has 0 aromatic carbocycles. The molecule has 1 fully saturated rings. The minimum absolute atomic E-state index is 0.00830. The lowest BCUT2D eigenvalue weighted by molar-refractivity contribution is -0.166. The van der Waals surface area contributed by atoms with Crippen molar-refractivity contribution in [2.75, 3.05) is 13.2 Å². The second kappa shape index (κ2) is 37.0. The molecule has 1 heterocycles. The minimum Gasteiger partial charge on any atom is -0.462 e. The van der Waals surface area contributed by atoms with Gasteiger partial charge in [-0.05, 0) is 70.6 Å². The van der Waals surface area contributed by atoms with E-state index in [1.54, 1.807) is 6.08 Å². The number of aliphatic hydroxyl groups is 7. The lowest BCUT2D eigenvalue weighted by Crippen LogP contribution is -2.55. The van der Waals surface area contributed by atoms with Crippen LogP contribution in [0.3, 0.4) is 0 Å². The van der Waals surface area contributed by atoms with E-state index in [4.69, 9.17) is 18.5 Å². The number of hydrogen-bond acceptors (Lipinski definition) is 15. The van der Waals surface area contributed by atoms with Crippen molar-refractivity contribution in [3.05, 3.63) is 60.8 Å². The van der Waals surface area contributed by atoms with E-state index in [0.717, 1.165) is 70.6 Å². The van der Waals surface area contributed by atoms with E-state index in [-0.39, 0.29) is 19.3 Å². The van der Waals surface area contributed by atoms with Crippen LogP contribution in [-0.2, 0) is 37.5 Å². The first kappa shape index (κ1) is 62.3.